The van der Waals surface area contributed by atoms with E-state index in [2.05, 4.69) is 24.4 Å². The second kappa shape index (κ2) is 27.0. The van der Waals surface area contributed by atoms with E-state index in [4.69, 9.17) is 9.47 Å². The largest absolute Gasteiger partial charge is 0.466 e. The second-order valence-electron chi connectivity index (χ2n) is 9.83. The first-order chi connectivity index (χ1) is 17.1. The smallest absolute Gasteiger partial charge is 0.407 e. The van der Waals surface area contributed by atoms with Crippen LogP contribution in [0.15, 0.2) is 12.2 Å². The summed E-state index contributed by atoms with van der Waals surface area (Å²) in [6.07, 6.45) is 24.9. The Morgan fingerprint density at radius 2 is 1.20 bits per heavy atom. The van der Waals surface area contributed by atoms with E-state index in [9.17, 15) is 9.59 Å². The lowest BCUT2D eigenvalue weighted by atomic mass is 10.1. The molecule has 0 aliphatic heterocycles. The van der Waals surface area contributed by atoms with Gasteiger partial charge in [-0.25, -0.2) is 4.79 Å². The Morgan fingerprint density at radius 1 is 0.686 bits per heavy atom. The van der Waals surface area contributed by atoms with Gasteiger partial charge in [0, 0.05) is 19.5 Å². The van der Waals surface area contributed by atoms with Gasteiger partial charge in [-0.1, -0.05) is 70.4 Å². The molecule has 6 heteroatoms. The van der Waals surface area contributed by atoms with Crippen molar-refractivity contribution in [2.75, 3.05) is 40.4 Å². The molecule has 0 saturated heterocycles. The molecule has 0 aliphatic carbocycles. The van der Waals surface area contributed by atoms with Crippen molar-refractivity contribution in [2.24, 2.45) is 0 Å². The third-order valence-corrected chi connectivity index (χ3v) is 6.01. The van der Waals surface area contributed by atoms with E-state index < -0.39 is 0 Å². The SMILES string of the molecule is CCCCCCCC/C=C\CCCCCCCC(=O)OCCCCCCOC(=O)NCCN(C)C. The highest BCUT2D eigenvalue weighted by Gasteiger charge is 2.03. The van der Waals surface area contributed by atoms with Crippen molar-refractivity contribution in [3.63, 3.8) is 0 Å². The van der Waals surface area contributed by atoms with Crippen molar-refractivity contribution in [1.82, 2.24) is 10.2 Å². The predicted octanol–water partition coefficient (Wildman–Crippen LogP) is 7.42. The lowest BCUT2D eigenvalue weighted by Gasteiger charge is -2.10. The van der Waals surface area contributed by atoms with Crippen molar-refractivity contribution < 1.29 is 19.1 Å². The van der Waals surface area contributed by atoms with Crippen LogP contribution < -0.4 is 5.32 Å². The maximum absolute atomic E-state index is 11.8. The van der Waals surface area contributed by atoms with Crippen LogP contribution in [0.5, 0.6) is 0 Å². The monoisotopic (exact) mass is 496 g/mol. The van der Waals surface area contributed by atoms with Crippen molar-refractivity contribution >= 4 is 12.1 Å². The van der Waals surface area contributed by atoms with Crippen LogP contribution in [0.25, 0.3) is 0 Å². The number of ether oxygens (including phenoxy) is 2. The zero-order valence-corrected chi connectivity index (χ0v) is 23.3. The van der Waals surface area contributed by atoms with Gasteiger partial charge in [-0.15, -0.1) is 0 Å². The van der Waals surface area contributed by atoms with E-state index in [1.807, 2.05) is 19.0 Å². The molecule has 0 spiro atoms. The number of rotatable bonds is 25. The Hall–Kier alpha value is -1.56. The number of carbonyl (C=O) groups excluding carboxylic acids is 2. The van der Waals surface area contributed by atoms with Crippen LogP contribution >= 0.6 is 0 Å². The molecule has 0 aromatic rings. The summed E-state index contributed by atoms with van der Waals surface area (Å²) in [6.45, 7) is 4.58. The molecule has 0 rings (SSSR count). The van der Waals surface area contributed by atoms with E-state index in [0.29, 0.717) is 26.2 Å². The van der Waals surface area contributed by atoms with E-state index in [1.165, 1.54) is 70.6 Å². The highest BCUT2D eigenvalue weighted by Crippen LogP contribution is 2.10. The summed E-state index contributed by atoms with van der Waals surface area (Å²) in [6, 6.07) is 0. The van der Waals surface area contributed by atoms with Crippen LogP contribution in [0.3, 0.4) is 0 Å². The normalized spacial score (nSPS) is 11.3. The summed E-state index contributed by atoms with van der Waals surface area (Å²) in [4.78, 5) is 25.3. The molecule has 0 aromatic heterocycles. The molecular formula is C29H56N2O4. The van der Waals surface area contributed by atoms with Crippen molar-refractivity contribution in [1.29, 1.82) is 0 Å². The van der Waals surface area contributed by atoms with Crippen molar-refractivity contribution in [3.8, 4) is 0 Å². The van der Waals surface area contributed by atoms with Crippen LogP contribution in [0, 0.1) is 0 Å². The number of hydrogen-bond acceptors (Lipinski definition) is 5. The van der Waals surface area contributed by atoms with Gasteiger partial charge in [0.25, 0.3) is 0 Å². The maximum Gasteiger partial charge on any atom is 0.407 e. The number of allylic oxidation sites excluding steroid dienone is 2. The molecular weight excluding hydrogens is 440 g/mol. The third kappa shape index (κ3) is 28.6. The van der Waals surface area contributed by atoms with Crippen LogP contribution in [0.1, 0.15) is 122 Å². The topological polar surface area (TPSA) is 67.9 Å². The Labute approximate surface area is 216 Å². The third-order valence-electron chi connectivity index (χ3n) is 6.01. The number of alkyl carbamates (subject to hydrolysis) is 1. The fourth-order valence-electron chi connectivity index (χ4n) is 3.75. The van der Waals surface area contributed by atoms with E-state index in [-0.39, 0.29) is 12.1 Å². The van der Waals surface area contributed by atoms with Crippen LogP contribution in [-0.2, 0) is 14.3 Å². The van der Waals surface area contributed by atoms with Crippen LogP contribution in [-0.4, -0.2) is 57.4 Å². The van der Waals surface area contributed by atoms with Gasteiger partial charge in [-0.3, -0.25) is 4.79 Å². The highest BCUT2D eigenvalue weighted by atomic mass is 16.5. The summed E-state index contributed by atoms with van der Waals surface area (Å²) in [7, 11) is 3.92. The minimum Gasteiger partial charge on any atom is -0.466 e. The van der Waals surface area contributed by atoms with Gasteiger partial charge in [0.15, 0.2) is 0 Å². The molecule has 206 valence electrons. The van der Waals surface area contributed by atoms with Crippen molar-refractivity contribution in [2.45, 2.75) is 122 Å². The summed E-state index contributed by atoms with van der Waals surface area (Å²) < 4.78 is 10.5. The summed E-state index contributed by atoms with van der Waals surface area (Å²) in [5.41, 5.74) is 0. The Kier molecular flexibility index (Phi) is 25.8. The number of nitrogens with one attached hydrogen (secondary N) is 1. The van der Waals surface area contributed by atoms with E-state index >= 15 is 0 Å². The van der Waals surface area contributed by atoms with Gasteiger partial charge in [0.1, 0.15) is 0 Å². The maximum atomic E-state index is 11.8. The van der Waals surface area contributed by atoms with Crippen molar-refractivity contribution in [3.05, 3.63) is 12.2 Å². The zero-order chi connectivity index (χ0) is 25.8. The molecule has 0 saturated carbocycles. The number of likely N-dealkylation sites (N-methyl/N-ethyl adjacent to an activating group) is 1. The fraction of sp³-hybridized carbons (Fsp3) is 0.862. The number of hydrogen-bond donors (Lipinski definition) is 1. The van der Waals surface area contributed by atoms with Gasteiger partial charge in [-0.2, -0.15) is 0 Å². The van der Waals surface area contributed by atoms with Gasteiger partial charge in [0.05, 0.1) is 13.2 Å². The predicted molar refractivity (Wildman–Crippen MR) is 147 cm³/mol. The van der Waals surface area contributed by atoms with Crippen LogP contribution in [0.4, 0.5) is 4.79 Å². The molecule has 0 fully saturated rings. The van der Waals surface area contributed by atoms with Gasteiger partial charge >= 0.3 is 12.1 Å². The zero-order valence-electron chi connectivity index (χ0n) is 23.3. The number of amides is 1. The summed E-state index contributed by atoms with van der Waals surface area (Å²) in [5, 5.41) is 2.72. The Morgan fingerprint density at radius 3 is 1.80 bits per heavy atom. The van der Waals surface area contributed by atoms with E-state index in [1.54, 1.807) is 0 Å². The quantitative estimate of drug-likeness (QED) is 0.0809. The summed E-state index contributed by atoms with van der Waals surface area (Å²) in [5.74, 6) is -0.0691. The number of esters is 1. The first-order valence-corrected chi connectivity index (χ1v) is 14.4. The van der Waals surface area contributed by atoms with Crippen LogP contribution in [0.2, 0.25) is 0 Å². The molecule has 0 aliphatic rings. The second-order valence-corrected chi connectivity index (χ2v) is 9.83. The van der Waals surface area contributed by atoms with Gasteiger partial charge < -0.3 is 19.7 Å². The Balaban J connectivity index is 3.29. The summed E-state index contributed by atoms with van der Waals surface area (Å²) >= 11 is 0. The molecule has 6 nitrogen and oxygen atoms in total. The minimum absolute atomic E-state index is 0.0691. The average Bonchev–Trinajstić information content (AvgIpc) is 2.83. The molecule has 0 unspecified atom stereocenters. The lowest BCUT2D eigenvalue weighted by Crippen LogP contribution is -2.31. The van der Waals surface area contributed by atoms with Gasteiger partial charge in [0.2, 0.25) is 0 Å². The average molecular weight is 497 g/mol. The molecule has 0 atom stereocenters. The molecule has 0 radical (unpaired) electrons. The minimum atomic E-state index is -0.351. The lowest BCUT2D eigenvalue weighted by molar-refractivity contribution is -0.143. The first kappa shape index (κ1) is 33.4. The molecule has 35 heavy (non-hydrogen) atoms. The van der Waals surface area contributed by atoms with E-state index in [0.717, 1.165) is 45.1 Å². The van der Waals surface area contributed by atoms with Gasteiger partial charge in [-0.05, 0) is 71.9 Å². The number of unbranched alkanes of at least 4 members (excludes halogenated alkanes) is 14. The molecule has 0 bridgehead atoms. The first-order valence-electron chi connectivity index (χ1n) is 14.4. The molecule has 0 aromatic carbocycles. The molecule has 0 heterocycles. The highest BCUT2D eigenvalue weighted by molar-refractivity contribution is 5.69. The number of nitrogens with zero attached hydrogens (tertiary/aromatic N) is 1. The Bertz CT molecular complexity index is 509. The fourth-order valence-corrected chi connectivity index (χ4v) is 3.75. The standard InChI is InChI=1S/C29H56N2O4/c1-4-5-6-7-8-9-10-11-12-13-14-15-16-17-20-23-28(32)34-26-21-18-19-22-27-35-29(33)30-24-25-31(2)3/h11-12H,4-10,13-27H2,1-3H3,(H,30,33)/b12-11-. The number of carbonyl (C=O) groups is 2. The molecule has 1 N–H and O–H groups in total. The molecule has 1 amide bonds.